The van der Waals surface area contributed by atoms with E-state index >= 15 is 0 Å². The molecule has 0 aliphatic heterocycles. The molecule has 0 saturated heterocycles. The van der Waals surface area contributed by atoms with Crippen LogP contribution in [-0.4, -0.2) is 16.7 Å². The van der Waals surface area contributed by atoms with Crippen LogP contribution in [0.2, 0.25) is 0 Å². The molecule has 0 radical (unpaired) electrons. The number of amides is 1. The van der Waals surface area contributed by atoms with E-state index in [-0.39, 0.29) is 11.7 Å². The minimum Gasteiger partial charge on any atom is -0.507 e. The number of aromatic hydroxyl groups is 1. The van der Waals surface area contributed by atoms with Crippen molar-refractivity contribution in [2.45, 2.75) is 39.5 Å². The van der Waals surface area contributed by atoms with Gasteiger partial charge >= 0.3 is 0 Å². The molecule has 0 unspecified atom stereocenters. The molecule has 0 spiro atoms. The zero-order valence-corrected chi connectivity index (χ0v) is 15.1. The van der Waals surface area contributed by atoms with E-state index in [2.05, 4.69) is 17.5 Å². The van der Waals surface area contributed by atoms with E-state index in [0.29, 0.717) is 28.5 Å². The predicted octanol–water partition coefficient (Wildman–Crippen LogP) is 4.26. The number of benzene rings is 1. The first-order valence-corrected chi connectivity index (χ1v) is 9.27. The molecule has 6 heteroatoms. The van der Waals surface area contributed by atoms with Crippen LogP contribution in [0.1, 0.15) is 52.4 Å². The average Bonchev–Trinajstić information content (AvgIpc) is 3.01. The second-order valence-electron chi connectivity index (χ2n) is 6.42. The molecule has 1 aromatic heterocycles. The Morgan fingerprint density at radius 2 is 2.24 bits per heavy atom. The van der Waals surface area contributed by atoms with Crippen LogP contribution in [0.4, 0.5) is 4.39 Å². The van der Waals surface area contributed by atoms with Crippen LogP contribution in [0.25, 0.3) is 0 Å². The van der Waals surface area contributed by atoms with Crippen molar-refractivity contribution in [3.05, 3.63) is 51.0 Å². The second kappa shape index (κ2) is 7.35. The molecular formula is C19H21FN2O2S. The van der Waals surface area contributed by atoms with Crippen molar-refractivity contribution in [3.8, 4) is 5.75 Å². The number of carbonyl (C=O) groups excluding carboxylic acids is 1. The number of carbonyl (C=O) groups is 1. The summed E-state index contributed by atoms with van der Waals surface area (Å²) in [6, 6.07) is 5.63. The first-order valence-electron chi connectivity index (χ1n) is 8.45. The maximum Gasteiger partial charge on any atom is 0.281 e. The Morgan fingerprint density at radius 1 is 1.44 bits per heavy atom. The van der Waals surface area contributed by atoms with Gasteiger partial charge in [0.2, 0.25) is 0 Å². The molecule has 1 aliphatic rings. The zero-order valence-electron chi connectivity index (χ0n) is 14.3. The molecule has 1 heterocycles. The number of nitrogens with one attached hydrogen (secondary N) is 1. The zero-order chi connectivity index (χ0) is 18.0. The molecule has 0 fully saturated rings. The summed E-state index contributed by atoms with van der Waals surface area (Å²) < 4.78 is 13.4. The highest BCUT2D eigenvalue weighted by atomic mass is 32.1. The summed E-state index contributed by atoms with van der Waals surface area (Å²) in [5.74, 6) is -0.135. The molecule has 2 N–H and O–H groups in total. The van der Waals surface area contributed by atoms with Crippen molar-refractivity contribution in [2.24, 2.45) is 11.0 Å². The minimum atomic E-state index is -0.458. The molecule has 1 amide bonds. The number of hydrogen-bond acceptors (Lipinski definition) is 4. The number of phenolic OH excluding ortho intramolecular Hbond substituents is 1. The number of phenols is 1. The molecule has 0 bridgehead atoms. The van der Waals surface area contributed by atoms with E-state index in [1.54, 1.807) is 0 Å². The van der Waals surface area contributed by atoms with E-state index in [1.165, 1.54) is 40.0 Å². The number of nitrogens with zero attached hydrogens (tertiary/aromatic N) is 1. The Hall–Kier alpha value is -2.21. The highest BCUT2D eigenvalue weighted by Gasteiger charge is 2.20. The number of fused-ring (bicyclic) bond motifs is 1. The molecular weight excluding hydrogens is 339 g/mol. The number of halogens is 1. The molecule has 1 aliphatic carbocycles. The Morgan fingerprint density at radius 3 is 3.00 bits per heavy atom. The van der Waals surface area contributed by atoms with Crippen LogP contribution in [0, 0.1) is 11.7 Å². The molecule has 25 heavy (non-hydrogen) atoms. The highest BCUT2D eigenvalue weighted by molar-refractivity contribution is 7.14. The second-order valence-corrected chi connectivity index (χ2v) is 7.56. The summed E-state index contributed by atoms with van der Waals surface area (Å²) >= 11 is 1.52. The van der Waals surface area contributed by atoms with Gasteiger partial charge in [-0.05, 0) is 61.4 Å². The van der Waals surface area contributed by atoms with E-state index < -0.39 is 5.82 Å². The maximum atomic E-state index is 13.4. The Balaban J connectivity index is 1.78. The number of aryl methyl sites for hydroxylation is 1. The van der Waals surface area contributed by atoms with Crippen LogP contribution in [0.5, 0.6) is 5.75 Å². The fourth-order valence-electron chi connectivity index (χ4n) is 3.06. The van der Waals surface area contributed by atoms with Crippen LogP contribution < -0.4 is 5.43 Å². The molecule has 0 saturated carbocycles. The highest BCUT2D eigenvalue weighted by Crippen LogP contribution is 2.32. The van der Waals surface area contributed by atoms with Crippen molar-refractivity contribution >= 4 is 23.0 Å². The quantitative estimate of drug-likeness (QED) is 0.632. The van der Waals surface area contributed by atoms with Gasteiger partial charge in [-0.2, -0.15) is 5.10 Å². The van der Waals surface area contributed by atoms with Gasteiger partial charge in [0.05, 0.1) is 10.6 Å². The Kier molecular flexibility index (Phi) is 5.18. The van der Waals surface area contributed by atoms with E-state index in [1.807, 2.05) is 13.0 Å². The standard InChI is InChI=1S/C19H21FN2O2S/c1-3-15(14-10-13(20)5-6-16(14)23)21-22-19(24)18-9-12-8-11(2)4-7-17(12)25-18/h5-6,9-11,23H,3-4,7-8H2,1-2H3,(H,22,24)/b21-15+/t11-/m1/s1. The third-order valence-corrected chi connectivity index (χ3v) is 5.69. The van der Waals surface area contributed by atoms with Crippen LogP contribution in [0.15, 0.2) is 29.4 Å². The lowest BCUT2D eigenvalue weighted by Crippen LogP contribution is -2.19. The number of thiophene rings is 1. The summed E-state index contributed by atoms with van der Waals surface area (Å²) in [6.07, 6.45) is 3.65. The largest absolute Gasteiger partial charge is 0.507 e. The summed E-state index contributed by atoms with van der Waals surface area (Å²) in [5, 5.41) is 14.0. The third kappa shape index (κ3) is 3.90. The number of rotatable bonds is 4. The van der Waals surface area contributed by atoms with Gasteiger partial charge in [0.1, 0.15) is 11.6 Å². The number of hydrazone groups is 1. The molecule has 3 rings (SSSR count). The molecule has 2 aromatic rings. The lowest BCUT2D eigenvalue weighted by molar-refractivity contribution is 0.0958. The lowest BCUT2D eigenvalue weighted by Gasteiger charge is -2.16. The predicted molar refractivity (Wildman–Crippen MR) is 97.9 cm³/mol. The lowest BCUT2D eigenvalue weighted by atomic mass is 9.90. The topological polar surface area (TPSA) is 61.7 Å². The Labute approximate surface area is 150 Å². The maximum absolute atomic E-state index is 13.4. The average molecular weight is 360 g/mol. The molecule has 132 valence electrons. The van der Waals surface area contributed by atoms with Crippen LogP contribution in [0.3, 0.4) is 0 Å². The van der Waals surface area contributed by atoms with E-state index in [4.69, 9.17) is 0 Å². The van der Waals surface area contributed by atoms with Gasteiger partial charge in [-0.3, -0.25) is 4.79 Å². The first kappa shape index (κ1) is 17.6. The minimum absolute atomic E-state index is 0.0585. The number of hydrogen-bond donors (Lipinski definition) is 2. The van der Waals surface area contributed by atoms with E-state index in [9.17, 15) is 14.3 Å². The molecule has 4 nitrogen and oxygen atoms in total. The summed E-state index contributed by atoms with van der Waals surface area (Å²) in [7, 11) is 0. The van der Waals surface area contributed by atoms with Gasteiger partial charge in [-0.15, -0.1) is 11.3 Å². The fourth-order valence-corrected chi connectivity index (χ4v) is 4.16. The van der Waals surface area contributed by atoms with Crippen LogP contribution in [-0.2, 0) is 12.8 Å². The fraction of sp³-hybridized carbons (Fsp3) is 0.368. The van der Waals surface area contributed by atoms with Crippen molar-refractivity contribution < 1.29 is 14.3 Å². The van der Waals surface area contributed by atoms with Gasteiger partial charge < -0.3 is 5.11 Å². The van der Waals surface area contributed by atoms with Crippen molar-refractivity contribution in [2.75, 3.05) is 0 Å². The van der Waals surface area contributed by atoms with E-state index in [0.717, 1.165) is 19.3 Å². The van der Waals surface area contributed by atoms with Gasteiger partial charge in [-0.1, -0.05) is 13.8 Å². The summed E-state index contributed by atoms with van der Waals surface area (Å²) in [6.45, 7) is 4.06. The normalized spacial score (nSPS) is 17.2. The summed E-state index contributed by atoms with van der Waals surface area (Å²) in [4.78, 5) is 14.3. The monoisotopic (exact) mass is 360 g/mol. The van der Waals surface area contributed by atoms with Gasteiger partial charge in [-0.25, -0.2) is 9.82 Å². The Bertz CT molecular complexity index is 829. The van der Waals surface area contributed by atoms with Gasteiger partial charge in [0.15, 0.2) is 0 Å². The first-order chi connectivity index (χ1) is 12.0. The third-order valence-electron chi connectivity index (χ3n) is 4.45. The van der Waals surface area contributed by atoms with Crippen LogP contribution >= 0.6 is 11.3 Å². The van der Waals surface area contributed by atoms with Gasteiger partial charge in [0.25, 0.3) is 5.91 Å². The van der Waals surface area contributed by atoms with Crippen molar-refractivity contribution in [1.82, 2.24) is 5.43 Å². The smallest absolute Gasteiger partial charge is 0.281 e. The summed E-state index contributed by atoms with van der Waals surface area (Å²) in [5.41, 5.74) is 4.53. The van der Waals surface area contributed by atoms with Crippen molar-refractivity contribution in [1.29, 1.82) is 0 Å². The van der Waals surface area contributed by atoms with Gasteiger partial charge in [0, 0.05) is 10.4 Å². The molecule has 1 aromatic carbocycles. The SMILES string of the molecule is CC/C(=N\NC(=O)c1cc2c(s1)CC[C@@H](C)C2)c1cc(F)ccc1O. The van der Waals surface area contributed by atoms with Crippen molar-refractivity contribution in [3.63, 3.8) is 0 Å². The molecule has 1 atom stereocenters.